The molecule has 0 unspecified atom stereocenters. The molecule has 0 radical (unpaired) electrons. The predicted octanol–water partition coefficient (Wildman–Crippen LogP) is 21.2. The van der Waals surface area contributed by atoms with Crippen LogP contribution in [0, 0.1) is 22.7 Å². The Morgan fingerprint density at radius 2 is 0.617 bits per heavy atom. The molecule has 10 aromatic carbocycles. The lowest BCUT2D eigenvalue weighted by Crippen LogP contribution is -2.07. The van der Waals surface area contributed by atoms with Crippen LogP contribution < -0.4 is 0 Å². The van der Waals surface area contributed by atoms with E-state index in [4.69, 9.17) is 19.9 Å². The van der Waals surface area contributed by atoms with Crippen LogP contribution in [-0.4, -0.2) is 29.1 Å². The van der Waals surface area contributed by atoms with Crippen LogP contribution in [-0.2, 0) is 6.18 Å². The van der Waals surface area contributed by atoms with Gasteiger partial charge in [0.25, 0.3) is 0 Å². The maximum atomic E-state index is 15.3. The van der Waals surface area contributed by atoms with Crippen LogP contribution in [0.25, 0.3) is 156 Å². The van der Waals surface area contributed by atoms with E-state index in [0.717, 1.165) is 145 Å². The van der Waals surface area contributed by atoms with Crippen molar-refractivity contribution in [3.05, 3.63) is 314 Å². The summed E-state index contributed by atoms with van der Waals surface area (Å²) in [5, 5.41) is 25.6. The van der Waals surface area contributed by atoms with E-state index in [1.54, 1.807) is 6.07 Å². The summed E-state index contributed by atoms with van der Waals surface area (Å²) in [5.74, 6) is 0. The molecule has 0 atom stereocenters. The number of rotatable bonds is 11. The first kappa shape index (κ1) is 56.4. The number of pyridine rings is 4. The monoisotopic (exact) mass is 1210 g/mol. The van der Waals surface area contributed by atoms with E-state index in [9.17, 15) is 10.5 Å². The third kappa shape index (κ3) is 10.3. The highest BCUT2D eigenvalue weighted by molar-refractivity contribution is 6.14. The summed E-state index contributed by atoms with van der Waals surface area (Å²) in [6.45, 7) is 0. The topological polar surface area (TPSA) is 109 Å². The van der Waals surface area contributed by atoms with Crippen molar-refractivity contribution in [2.45, 2.75) is 6.18 Å². The molecule has 0 aliphatic rings. The van der Waals surface area contributed by atoms with Gasteiger partial charge in [0.1, 0.15) is 6.07 Å². The average molecular weight is 1220 g/mol. The van der Waals surface area contributed by atoms with Crippen LogP contribution in [0.3, 0.4) is 0 Å². The Balaban J connectivity index is 0.923. The van der Waals surface area contributed by atoms with Crippen LogP contribution in [0.4, 0.5) is 13.2 Å². The highest BCUT2D eigenvalue weighted by Gasteiger charge is 2.32. The van der Waals surface area contributed by atoms with E-state index >= 15 is 13.2 Å². The highest BCUT2D eigenvalue weighted by Crippen LogP contribution is 2.45. The Labute approximate surface area is 538 Å². The van der Waals surface area contributed by atoms with E-state index < -0.39 is 11.7 Å². The molecule has 0 amide bonds. The lowest BCUT2D eigenvalue weighted by atomic mass is 9.95. The van der Waals surface area contributed by atoms with Gasteiger partial charge >= 0.3 is 6.18 Å². The van der Waals surface area contributed by atoms with Gasteiger partial charge in [-0.1, -0.05) is 170 Å². The first-order valence-corrected chi connectivity index (χ1v) is 30.6. The van der Waals surface area contributed by atoms with Gasteiger partial charge in [-0.3, -0.25) is 19.9 Å². The van der Waals surface area contributed by atoms with Gasteiger partial charge in [0.2, 0.25) is 0 Å². The fourth-order valence-corrected chi connectivity index (χ4v) is 12.9. The minimum atomic E-state index is -4.81. The molecule has 0 aliphatic carbocycles. The van der Waals surface area contributed by atoms with Gasteiger partial charge in [-0.15, -0.1) is 0 Å². The largest absolute Gasteiger partial charge is 0.416 e. The van der Waals surface area contributed by atoms with Crippen molar-refractivity contribution >= 4 is 43.6 Å². The molecular formula is C83H49F3N8. The first-order valence-electron chi connectivity index (χ1n) is 30.6. The lowest BCUT2D eigenvalue weighted by Gasteiger charge is -2.20. The van der Waals surface area contributed by atoms with Crippen LogP contribution in [0.5, 0.6) is 0 Å². The Hall–Kier alpha value is -12.8. The van der Waals surface area contributed by atoms with E-state index in [0.29, 0.717) is 16.9 Å². The van der Waals surface area contributed by atoms with Gasteiger partial charge in [0.05, 0.1) is 79.0 Å². The predicted molar refractivity (Wildman–Crippen MR) is 370 cm³/mol. The standard InChI is InChI=1S/C83H49F3N8/c84-83(85,86)67-38-52(46-87)37-65(39-67)68-45-81(93-77-33-25-57(61-21-29-73(89-48-61)53-13-5-1-6-14-53)40-69(77)70-41-58(26-34-78(70)93)62-22-30-74(90-49-62)54-15-7-2-8-16-54)66(47-88)44-82(68)94-79-35-27-59(63-23-31-75(91-50-63)55-17-9-3-10-18-55)42-71(79)72-43-60(28-36-80(72)94)64-24-32-76(92-51-64)56-19-11-4-12-20-56/h1-45,48-51H. The van der Waals surface area contributed by atoms with Crippen molar-refractivity contribution < 1.29 is 13.2 Å². The van der Waals surface area contributed by atoms with Crippen LogP contribution >= 0.6 is 0 Å². The van der Waals surface area contributed by atoms with Crippen molar-refractivity contribution in [2.75, 3.05) is 0 Å². The van der Waals surface area contributed by atoms with Crippen molar-refractivity contribution in [1.29, 1.82) is 10.5 Å². The Bertz CT molecular complexity index is 5400. The minimum absolute atomic E-state index is 0.132. The third-order valence-corrected chi connectivity index (χ3v) is 17.6. The summed E-state index contributed by atoms with van der Waals surface area (Å²) in [6, 6.07) is 92.5. The van der Waals surface area contributed by atoms with E-state index in [1.807, 2.05) is 240 Å². The van der Waals surface area contributed by atoms with E-state index in [1.165, 1.54) is 6.07 Å². The van der Waals surface area contributed by atoms with E-state index in [2.05, 4.69) is 54.6 Å². The number of fused-ring (bicyclic) bond motifs is 6. The zero-order chi connectivity index (χ0) is 63.4. The second-order valence-corrected chi connectivity index (χ2v) is 23.2. The minimum Gasteiger partial charge on any atom is -0.309 e. The fraction of sp³-hybridized carbons (Fsp3) is 0.0120. The number of aromatic nitrogens is 6. The number of hydrogen-bond donors (Lipinski definition) is 0. The molecule has 11 heteroatoms. The fourth-order valence-electron chi connectivity index (χ4n) is 12.9. The van der Waals surface area contributed by atoms with Crippen molar-refractivity contribution in [1.82, 2.24) is 29.1 Å². The summed E-state index contributed by atoms with van der Waals surface area (Å²) in [6.07, 6.45) is 2.66. The molecule has 8 nitrogen and oxygen atoms in total. The van der Waals surface area contributed by atoms with Gasteiger partial charge in [-0.25, -0.2) is 0 Å². The SMILES string of the molecule is N#Cc1cc(-c2cc(-n3c4ccc(-c5ccc(-c6ccccc6)nc5)cc4c4cc(-c5ccc(-c6ccccc6)nc5)ccc43)c(C#N)cc2-n2c3ccc(-c4ccc(-c5ccccc5)nc4)cc3c3cc(-c4ccc(-c5ccccc5)nc4)ccc32)cc(C(F)(F)F)c1. The van der Waals surface area contributed by atoms with E-state index in [-0.39, 0.29) is 16.7 Å². The van der Waals surface area contributed by atoms with Gasteiger partial charge in [-0.2, -0.15) is 23.7 Å². The molecule has 0 bridgehead atoms. The summed E-state index contributed by atoms with van der Waals surface area (Å²) in [4.78, 5) is 19.5. The quantitative estimate of drug-likeness (QED) is 0.128. The molecule has 0 saturated heterocycles. The van der Waals surface area contributed by atoms with Gasteiger partial charge < -0.3 is 9.13 Å². The molecule has 0 spiro atoms. The Kier molecular flexibility index (Phi) is 13.9. The zero-order valence-corrected chi connectivity index (χ0v) is 50.0. The molecule has 442 valence electrons. The summed E-state index contributed by atoms with van der Waals surface area (Å²) in [5.41, 5.74) is 17.8. The number of alkyl halides is 3. The smallest absolute Gasteiger partial charge is 0.309 e. The van der Waals surface area contributed by atoms with Gasteiger partial charge in [0, 0.05) is 96.4 Å². The van der Waals surface area contributed by atoms with Gasteiger partial charge in [0.15, 0.2) is 0 Å². The second kappa shape index (κ2) is 23.2. The first-order chi connectivity index (χ1) is 46.1. The molecule has 0 fully saturated rings. The number of nitriles is 2. The van der Waals surface area contributed by atoms with Crippen molar-refractivity contribution in [2.24, 2.45) is 0 Å². The second-order valence-electron chi connectivity index (χ2n) is 23.2. The Morgan fingerprint density at radius 3 is 0.915 bits per heavy atom. The summed E-state index contributed by atoms with van der Waals surface area (Å²) >= 11 is 0. The number of hydrogen-bond acceptors (Lipinski definition) is 6. The maximum absolute atomic E-state index is 15.3. The highest BCUT2D eigenvalue weighted by atomic mass is 19.4. The van der Waals surface area contributed by atoms with Crippen LogP contribution in [0.15, 0.2) is 298 Å². The molecule has 16 rings (SSSR count). The lowest BCUT2D eigenvalue weighted by molar-refractivity contribution is -0.137. The molecule has 0 saturated carbocycles. The zero-order valence-electron chi connectivity index (χ0n) is 50.0. The molecule has 6 aromatic heterocycles. The van der Waals surface area contributed by atoms with Crippen molar-refractivity contribution in [3.63, 3.8) is 0 Å². The molecule has 0 N–H and O–H groups in total. The van der Waals surface area contributed by atoms with Crippen molar-refractivity contribution in [3.8, 4) is 124 Å². The Morgan fingerprint density at radius 1 is 0.287 bits per heavy atom. The van der Waals surface area contributed by atoms with Gasteiger partial charge in [-0.05, 0) is 131 Å². The van der Waals surface area contributed by atoms with Crippen LogP contribution in [0.2, 0.25) is 0 Å². The molecule has 0 aliphatic heterocycles. The normalized spacial score (nSPS) is 11.5. The molecule has 6 heterocycles. The molecule has 94 heavy (non-hydrogen) atoms. The molecular weight excluding hydrogens is 1170 g/mol. The third-order valence-electron chi connectivity index (χ3n) is 17.6. The average Bonchev–Trinajstić information content (AvgIpc) is 1.54. The number of halogens is 3. The summed E-state index contributed by atoms with van der Waals surface area (Å²) in [7, 11) is 0. The number of nitrogens with zero attached hydrogens (tertiary/aromatic N) is 8. The summed E-state index contributed by atoms with van der Waals surface area (Å²) < 4.78 is 49.8. The number of benzene rings is 10. The molecule has 16 aromatic rings. The van der Waals surface area contributed by atoms with Crippen LogP contribution in [0.1, 0.15) is 16.7 Å². The maximum Gasteiger partial charge on any atom is 0.416 e.